The number of carbonyl (C=O) groups is 1. The van der Waals surface area contributed by atoms with Crippen LogP contribution in [-0.4, -0.2) is 30.6 Å². The predicted molar refractivity (Wildman–Crippen MR) is 120 cm³/mol. The molecule has 0 atom stereocenters. The lowest BCUT2D eigenvalue weighted by Crippen LogP contribution is -2.41. The van der Waals surface area contributed by atoms with Crippen molar-refractivity contribution >= 4 is 17.7 Å². The molecule has 0 unspecified atom stereocenters. The van der Waals surface area contributed by atoms with Crippen LogP contribution in [0.3, 0.4) is 0 Å². The van der Waals surface area contributed by atoms with Gasteiger partial charge in [0.05, 0.1) is 11.7 Å². The molecule has 0 aliphatic heterocycles. The standard InChI is InChI=1S/C23H24FN7O2/c1-13-8-15(10-16(24)9-13)23(3,4)30-20(32)21-27-17(12-33-21)19-14(2)11-25-22(29-19)28-18-6-7-26-31(18)5/h6-12H,1-5H3,(H,30,32)(H,25,28,29). The number of oxazole rings is 1. The molecule has 3 aromatic heterocycles. The maximum absolute atomic E-state index is 13.9. The highest BCUT2D eigenvalue weighted by Gasteiger charge is 2.27. The molecule has 170 valence electrons. The summed E-state index contributed by atoms with van der Waals surface area (Å²) in [4.78, 5) is 26.0. The summed E-state index contributed by atoms with van der Waals surface area (Å²) in [7, 11) is 1.80. The Morgan fingerprint density at radius 3 is 2.67 bits per heavy atom. The number of aromatic nitrogens is 5. The van der Waals surface area contributed by atoms with Gasteiger partial charge in [0.2, 0.25) is 5.95 Å². The summed E-state index contributed by atoms with van der Waals surface area (Å²) in [6.07, 6.45) is 4.69. The van der Waals surface area contributed by atoms with Crippen molar-refractivity contribution in [1.82, 2.24) is 30.0 Å². The Morgan fingerprint density at radius 2 is 1.97 bits per heavy atom. The van der Waals surface area contributed by atoms with Crippen LogP contribution < -0.4 is 10.6 Å². The van der Waals surface area contributed by atoms with E-state index in [1.165, 1.54) is 18.4 Å². The van der Waals surface area contributed by atoms with Gasteiger partial charge in [-0.25, -0.2) is 19.3 Å². The van der Waals surface area contributed by atoms with Crippen LogP contribution in [0, 0.1) is 19.7 Å². The summed E-state index contributed by atoms with van der Waals surface area (Å²) >= 11 is 0. The summed E-state index contributed by atoms with van der Waals surface area (Å²) in [5.41, 5.74) is 2.24. The Hall–Kier alpha value is -4.08. The maximum atomic E-state index is 13.9. The van der Waals surface area contributed by atoms with Gasteiger partial charge < -0.3 is 15.1 Å². The van der Waals surface area contributed by atoms with Gasteiger partial charge in [0.15, 0.2) is 0 Å². The van der Waals surface area contributed by atoms with Gasteiger partial charge in [-0.1, -0.05) is 6.07 Å². The molecule has 1 amide bonds. The zero-order valence-corrected chi connectivity index (χ0v) is 19.0. The fraction of sp³-hybridized carbons (Fsp3) is 0.261. The number of anilines is 2. The fourth-order valence-electron chi connectivity index (χ4n) is 3.37. The number of aryl methyl sites for hydroxylation is 3. The predicted octanol–water partition coefficient (Wildman–Crippen LogP) is 4.03. The number of nitrogens with zero attached hydrogens (tertiary/aromatic N) is 5. The van der Waals surface area contributed by atoms with E-state index < -0.39 is 11.4 Å². The van der Waals surface area contributed by atoms with Crippen LogP contribution in [0.4, 0.5) is 16.2 Å². The third-order valence-corrected chi connectivity index (χ3v) is 5.16. The average Bonchev–Trinajstić information content (AvgIpc) is 3.38. The van der Waals surface area contributed by atoms with Crippen molar-refractivity contribution in [3.8, 4) is 11.4 Å². The van der Waals surface area contributed by atoms with Crippen molar-refractivity contribution in [2.24, 2.45) is 7.05 Å². The van der Waals surface area contributed by atoms with E-state index in [9.17, 15) is 9.18 Å². The summed E-state index contributed by atoms with van der Waals surface area (Å²) in [6.45, 7) is 7.21. The van der Waals surface area contributed by atoms with Crippen LogP contribution in [0.25, 0.3) is 11.4 Å². The number of carbonyl (C=O) groups excluding carboxylic acids is 1. The molecule has 4 rings (SSSR count). The molecule has 3 heterocycles. The third kappa shape index (κ3) is 4.74. The van der Waals surface area contributed by atoms with Crippen molar-refractivity contribution in [2.45, 2.75) is 33.2 Å². The van der Waals surface area contributed by atoms with Crippen LogP contribution in [0.1, 0.15) is 41.2 Å². The average molecular weight is 449 g/mol. The Balaban J connectivity index is 1.55. The number of hydrogen-bond donors (Lipinski definition) is 2. The Kier molecular flexibility index (Phi) is 5.67. The van der Waals surface area contributed by atoms with E-state index in [-0.39, 0.29) is 11.7 Å². The van der Waals surface area contributed by atoms with E-state index in [0.717, 1.165) is 16.9 Å². The van der Waals surface area contributed by atoms with Gasteiger partial charge in [0.25, 0.3) is 5.89 Å². The number of hydrogen-bond acceptors (Lipinski definition) is 7. The first-order valence-corrected chi connectivity index (χ1v) is 10.3. The molecule has 33 heavy (non-hydrogen) atoms. The monoisotopic (exact) mass is 449 g/mol. The van der Waals surface area contributed by atoms with Gasteiger partial charge in [0, 0.05) is 19.3 Å². The minimum atomic E-state index is -0.844. The molecule has 0 bridgehead atoms. The van der Waals surface area contributed by atoms with Gasteiger partial charge in [-0.3, -0.25) is 9.48 Å². The third-order valence-electron chi connectivity index (χ3n) is 5.16. The van der Waals surface area contributed by atoms with Crippen LogP contribution in [-0.2, 0) is 12.6 Å². The first-order chi connectivity index (χ1) is 15.6. The molecule has 10 heteroatoms. The molecule has 4 aromatic rings. The van der Waals surface area contributed by atoms with Crippen molar-refractivity contribution in [1.29, 1.82) is 0 Å². The summed E-state index contributed by atoms with van der Waals surface area (Å²) < 4.78 is 20.9. The first-order valence-electron chi connectivity index (χ1n) is 10.3. The molecule has 0 saturated carbocycles. The minimum absolute atomic E-state index is 0.120. The molecule has 0 fully saturated rings. The number of rotatable bonds is 6. The van der Waals surface area contributed by atoms with Gasteiger partial charge in [-0.2, -0.15) is 5.10 Å². The lowest BCUT2D eigenvalue weighted by atomic mass is 9.92. The second-order valence-corrected chi connectivity index (χ2v) is 8.32. The SMILES string of the molecule is Cc1cc(F)cc(C(C)(C)NC(=O)c2nc(-c3nc(Nc4ccnn4C)ncc3C)co2)c1. The molecule has 0 spiro atoms. The van der Waals surface area contributed by atoms with Crippen LogP contribution in [0.2, 0.25) is 0 Å². The second kappa shape index (κ2) is 8.45. The molecular formula is C23H24FN7O2. The van der Waals surface area contributed by atoms with Crippen molar-refractivity contribution < 1.29 is 13.6 Å². The van der Waals surface area contributed by atoms with E-state index in [4.69, 9.17) is 4.42 Å². The Bertz CT molecular complexity index is 1310. The van der Waals surface area contributed by atoms with Crippen molar-refractivity contribution in [3.05, 3.63) is 71.3 Å². The number of halogens is 1. The smallest absolute Gasteiger partial charge is 0.307 e. The quantitative estimate of drug-likeness (QED) is 0.457. The largest absolute Gasteiger partial charge is 0.440 e. The van der Waals surface area contributed by atoms with Crippen molar-refractivity contribution in [2.75, 3.05) is 5.32 Å². The van der Waals surface area contributed by atoms with E-state index >= 15 is 0 Å². The molecular weight excluding hydrogens is 425 g/mol. The van der Waals surface area contributed by atoms with Crippen LogP contribution in [0.5, 0.6) is 0 Å². The van der Waals surface area contributed by atoms with E-state index in [0.29, 0.717) is 22.9 Å². The maximum Gasteiger partial charge on any atom is 0.307 e. The van der Waals surface area contributed by atoms with Crippen LogP contribution in [0.15, 0.2) is 47.3 Å². The number of nitrogens with one attached hydrogen (secondary N) is 2. The van der Waals surface area contributed by atoms with E-state index in [1.807, 2.05) is 13.0 Å². The lowest BCUT2D eigenvalue weighted by molar-refractivity contribution is 0.0876. The molecule has 0 aliphatic rings. The van der Waals surface area contributed by atoms with Gasteiger partial charge in [0.1, 0.15) is 29.3 Å². The second-order valence-electron chi connectivity index (χ2n) is 8.32. The van der Waals surface area contributed by atoms with E-state index in [1.54, 1.807) is 51.0 Å². The minimum Gasteiger partial charge on any atom is -0.440 e. The van der Waals surface area contributed by atoms with Crippen molar-refractivity contribution in [3.63, 3.8) is 0 Å². The van der Waals surface area contributed by atoms with Gasteiger partial charge in [-0.15, -0.1) is 0 Å². The fourth-order valence-corrected chi connectivity index (χ4v) is 3.37. The topological polar surface area (TPSA) is 111 Å². The highest BCUT2D eigenvalue weighted by Crippen LogP contribution is 2.25. The molecule has 0 saturated heterocycles. The van der Waals surface area contributed by atoms with Gasteiger partial charge in [-0.05, 0) is 56.5 Å². The lowest BCUT2D eigenvalue weighted by Gasteiger charge is -2.26. The molecule has 0 radical (unpaired) electrons. The number of benzene rings is 1. The zero-order valence-electron chi connectivity index (χ0n) is 19.0. The summed E-state index contributed by atoms with van der Waals surface area (Å²) in [5.74, 6) is 0.0784. The van der Waals surface area contributed by atoms with Gasteiger partial charge >= 0.3 is 5.91 Å². The van der Waals surface area contributed by atoms with Crippen LogP contribution >= 0.6 is 0 Å². The molecule has 1 aromatic carbocycles. The van der Waals surface area contributed by atoms with E-state index in [2.05, 4.69) is 30.7 Å². The number of amides is 1. The summed E-state index contributed by atoms with van der Waals surface area (Å²) in [6, 6.07) is 6.45. The molecule has 2 N–H and O–H groups in total. The Labute approximate surface area is 190 Å². The first kappa shape index (κ1) is 22.1. The highest BCUT2D eigenvalue weighted by atomic mass is 19.1. The summed E-state index contributed by atoms with van der Waals surface area (Å²) in [5, 5.41) is 10.0. The highest BCUT2D eigenvalue weighted by molar-refractivity contribution is 5.90. The Morgan fingerprint density at radius 1 is 1.18 bits per heavy atom. The molecule has 9 nitrogen and oxygen atoms in total. The molecule has 0 aliphatic carbocycles. The zero-order chi connectivity index (χ0) is 23.8. The normalized spacial score (nSPS) is 11.5.